The molecule has 23 heavy (non-hydrogen) atoms. The van der Waals surface area contributed by atoms with Crippen molar-refractivity contribution in [2.45, 2.75) is 68.0 Å². The molecule has 0 bridgehead atoms. The van der Waals surface area contributed by atoms with Crippen molar-refractivity contribution in [3.63, 3.8) is 0 Å². The largest absolute Gasteiger partial charge is 0.497 e. The van der Waals surface area contributed by atoms with E-state index in [1.165, 1.54) is 43.2 Å². The highest BCUT2D eigenvalue weighted by Crippen LogP contribution is 2.64. The summed E-state index contributed by atoms with van der Waals surface area (Å²) in [7, 11) is 1.69. The molecule has 4 rings (SSSR count). The Balaban J connectivity index is 1.86. The molecule has 4 heteroatoms. The zero-order chi connectivity index (χ0) is 16.2. The van der Waals surface area contributed by atoms with E-state index in [0.29, 0.717) is 6.42 Å². The van der Waals surface area contributed by atoms with Crippen molar-refractivity contribution < 1.29 is 9.53 Å². The van der Waals surface area contributed by atoms with Gasteiger partial charge in [0.15, 0.2) is 0 Å². The summed E-state index contributed by atoms with van der Waals surface area (Å²) in [5.41, 5.74) is 2.52. The lowest BCUT2D eigenvalue weighted by atomic mass is 9.76. The molecule has 124 valence electrons. The number of amides is 1. The summed E-state index contributed by atoms with van der Waals surface area (Å²) in [6.45, 7) is 4.45. The fraction of sp³-hybridized carbons (Fsp3) is 0.632. The van der Waals surface area contributed by atoms with E-state index in [1.807, 2.05) is 11.8 Å². The minimum absolute atomic E-state index is 0.114. The molecule has 0 aromatic heterocycles. The van der Waals surface area contributed by atoms with Gasteiger partial charge in [0.25, 0.3) is 0 Å². The monoisotopic (exact) mass is 331 g/mol. The van der Waals surface area contributed by atoms with Crippen molar-refractivity contribution in [1.29, 1.82) is 0 Å². The molecule has 1 amide bonds. The molecule has 2 heterocycles. The fourth-order valence-electron chi connectivity index (χ4n) is 4.92. The first-order chi connectivity index (χ1) is 11.0. The van der Waals surface area contributed by atoms with Gasteiger partial charge < -0.3 is 9.64 Å². The highest BCUT2D eigenvalue weighted by Gasteiger charge is 2.60. The first-order valence-electron chi connectivity index (χ1n) is 8.66. The Labute approximate surface area is 142 Å². The first kappa shape index (κ1) is 15.4. The summed E-state index contributed by atoms with van der Waals surface area (Å²) in [6, 6.07) is 6.55. The van der Waals surface area contributed by atoms with Crippen LogP contribution in [0.3, 0.4) is 0 Å². The van der Waals surface area contributed by atoms with Crippen molar-refractivity contribution in [1.82, 2.24) is 4.90 Å². The molecule has 3 aliphatic rings. The van der Waals surface area contributed by atoms with Gasteiger partial charge in [-0.15, -0.1) is 11.8 Å². The Morgan fingerprint density at radius 2 is 1.96 bits per heavy atom. The summed E-state index contributed by atoms with van der Waals surface area (Å²) >= 11 is 2.05. The van der Waals surface area contributed by atoms with E-state index >= 15 is 0 Å². The van der Waals surface area contributed by atoms with Gasteiger partial charge in [0.1, 0.15) is 5.75 Å². The lowest BCUT2D eigenvalue weighted by Crippen LogP contribution is -2.49. The summed E-state index contributed by atoms with van der Waals surface area (Å²) < 4.78 is 5.57. The van der Waals surface area contributed by atoms with Gasteiger partial charge in [-0.05, 0) is 49.9 Å². The van der Waals surface area contributed by atoms with Gasteiger partial charge in [-0.1, -0.05) is 25.3 Å². The molecule has 0 unspecified atom stereocenters. The maximum Gasteiger partial charge on any atom is 0.228 e. The number of hydrogen-bond acceptors (Lipinski definition) is 3. The van der Waals surface area contributed by atoms with Crippen LogP contribution in [0.25, 0.3) is 0 Å². The van der Waals surface area contributed by atoms with E-state index in [9.17, 15) is 4.79 Å². The van der Waals surface area contributed by atoms with Crippen LogP contribution < -0.4 is 4.74 Å². The van der Waals surface area contributed by atoms with Crippen LogP contribution in [0.5, 0.6) is 5.75 Å². The van der Waals surface area contributed by atoms with E-state index < -0.39 is 0 Å². The predicted octanol–water partition coefficient (Wildman–Crippen LogP) is 4.31. The number of fused-ring (bicyclic) bond motifs is 4. The summed E-state index contributed by atoms with van der Waals surface area (Å²) in [6.07, 6.45) is 6.85. The van der Waals surface area contributed by atoms with E-state index in [0.717, 1.165) is 5.75 Å². The third-order valence-corrected chi connectivity index (χ3v) is 7.48. The normalized spacial score (nSPS) is 27.7. The molecule has 1 saturated carbocycles. The topological polar surface area (TPSA) is 29.5 Å². The highest BCUT2D eigenvalue weighted by atomic mass is 32.2. The van der Waals surface area contributed by atoms with E-state index in [-0.39, 0.29) is 21.6 Å². The summed E-state index contributed by atoms with van der Waals surface area (Å²) in [5, 5.41) is 0. The minimum atomic E-state index is -0.114. The molecule has 2 fully saturated rings. The summed E-state index contributed by atoms with van der Waals surface area (Å²) in [5.74, 6) is 1.13. The average Bonchev–Trinajstić information content (AvgIpc) is 2.75. The number of carbonyl (C=O) groups excluding carboxylic acids is 1. The molecular weight excluding hydrogens is 306 g/mol. The first-order valence-corrected chi connectivity index (χ1v) is 9.48. The van der Waals surface area contributed by atoms with Gasteiger partial charge in [-0.3, -0.25) is 4.79 Å². The maximum atomic E-state index is 13.0. The van der Waals surface area contributed by atoms with Crippen LogP contribution >= 0.6 is 11.8 Å². The number of carbonyl (C=O) groups is 1. The van der Waals surface area contributed by atoms with Crippen LogP contribution in [0.2, 0.25) is 0 Å². The Morgan fingerprint density at radius 3 is 2.65 bits per heavy atom. The molecule has 1 saturated heterocycles. The Morgan fingerprint density at radius 1 is 1.22 bits per heavy atom. The number of hydrogen-bond donors (Lipinski definition) is 0. The molecule has 1 spiro atoms. The SMILES string of the molecule is COc1ccc2c(c1)CC(=O)N1[C@H]2C2(CCCCC2)SC1(C)C. The van der Waals surface area contributed by atoms with Crippen molar-refractivity contribution in [3.8, 4) is 5.75 Å². The summed E-state index contributed by atoms with van der Waals surface area (Å²) in [4.78, 5) is 15.0. The van der Waals surface area contributed by atoms with Crippen LogP contribution in [0.4, 0.5) is 0 Å². The van der Waals surface area contributed by atoms with Gasteiger partial charge in [0.2, 0.25) is 5.91 Å². The van der Waals surface area contributed by atoms with Crippen LogP contribution in [0, 0.1) is 0 Å². The number of benzene rings is 1. The van der Waals surface area contributed by atoms with Gasteiger partial charge in [0.05, 0.1) is 24.4 Å². The molecule has 0 N–H and O–H groups in total. The van der Waals surface area contributed by atoms with Crippen LogP contribution in [-0.4, -0.2) is 27.5 Å². The van der Waals surface area contributed by atoms with Crippen LogP contribution in [0.1, 0.15) is 63.1 Å². The molecule has 1 aromatic carbocycles. The van der Waals surface area contributed by atoms with Crippen molar-refractivity contribution >= 4 is 17.7 Å². The van der Waals surface area contributed by atoms with Crippen molar-refractivity contribution in [2.75, 3.05) is 7.11 Å². The second-order valence-corrected chi connectivity index (χ2v) is 9.60. The molecule has 1 atom stereocenters. The fourth-order valence-corrected chi connectivity index (χ4v) is 7.06. The lowest BCUT2D eigenvalue weighted by molar-refractivity contribution is -0.137. The van der Waals surface area contributed by atoms with Crippen molar-refractivity contribution in [3.05, 3.63) is 29.3 Å². The smallest absolute Gasteiger partial charge is 0.228 e. The van der Waals surface area contributed by atoms with Gasteiger partial charge in [-0.25, -0.2) is 0 Å². The quantitative estimate of drug-likeness (QED) is 0.768. The molecule has 1 aromatic rings. The molecule has 2 aliphatic heterocycles. The zero-order valence-corrected chi connectivity index (χ0v) is 15.0. The molecule has 3 nitrogen and oxygen atoms in total. The molecular formula is C19H25NO2S. The van der Waals surface area contributed by atoms with E-state index in [2.05, 4.69) is 36.9 Å². The van der Waals surface area contributed by atoms with Gasteiger partial charge >= 0.3 is 0 Å². The Hall–Kier alpha value is -1.16. The highest BCUT2D eigenvalue weighted by molar-refractivity contribution is 8.02. The maximum absolute atomic E-state index is 13.0. The number of methoxy groups -OCH3 is 1. The number of rotatable bonds is 1. The van der Waals surface area contributed by atoms with E-state index in [1.54, 1.807) is 7.11 Å². The minimum Gasteiger partial charge on any atom is -0.497 e. The standard InChI is InChI=1S/C19H25NO2S/c1-18(2)20-16(21)12-13-11-14(22-3)7-8-15(13)17(20)19(23-18)9-5-4-6-10-19/h7-8,11,17H,4-6,9-10,12H2,1-3H3/t17-/m1/s1. The van der Waals surface area contributed by atoms with Crippen LogP contribution in [0.15, 0.2) is 18.2 Å². The second kappa shape index (κ2) is 5.17. The van der Waals surface area contributed by atoms with Gasteiger partial charge in [-0.2, -0.15) is 0 Å². The van der Waals surface area contributed by atoms with Crippen molar-refractivity contribution in [2.24, 2.45) is 0 Å². The second-order valence-electron chi connectivity index (χ2n) is 7.58. The average molecular weight is 331 g/mol. The Bertz CT molecular complexity index is 649. The number of nitrogens with zero attached hydrogens (tertiary/aromatic N) is 1. The van der Waals surface area contributed by atoms with E-state index in [4.69, 9.17) is 4.74 Å². The number of thioether (sulfide) groups is 1. The van der Waals surface area contributed by atoms with Gasteiger partial charge in [0, 0.05) is 4.75 Å². The third kappa shape index (κ3) is 2.21. The lowest BCUT2D eigenvalue weighted by Gasteiger charge is -2.43. The molecule has 0 radical (unpaired) electrons. The third-order valence-electron chi connectivity index (χ3n) is 5.74. The zero-order valence-electron chi connectivity index (χ0n) is 14.2. The number of ether oxygens (including phenoxy) is 1. The predicted molar refractivity (Wildman–Crippen MR) is 93.8 cm³/mol. The Kier molecular flexibility index (Phi) is 3.45. The van der Waals surface area contributed by atoms with Crippen LogP contribution in [-0.2, 0) is 11.2 Å². The molecule has 1 aliphatic carbocycles.